The number of nitrogens with zero attached hydrogens (tertiary/aromatic N) is 1. The van der Waals surface area contributed by atoms with Crippen molar-refractivity contribution in [1.82, 2.24) is 10.2 Å². The van der Waals surface area contributed by atoms with Crippen molar-refractivity contribution in [2.24, 2.45) is 0 Å². The van der Waals surface area contributed by atoms with Gasteiger partial charge in [-0.05, 0) is 13.8 Å². The number of esters is 1. The van der Waals surface area contributed by atoms with E-state index in [1.54, 1.807) is 6.92 Å². The van der Waals surface area contributed by atoms with Gasteiger partial charge in [0.1, 0.15) is 0 Å². The zero-order chi connectivity index (χ0) is 9.14. The molecule has 0 saturated heterocycles. The maximum Gasteiger partial charge on any atom is 0.361 e. The number of ether oxygens (including phenoxy) is 1. The highest BCUT2D eigenvalue weighted by molar-refractivity contribution is 5.87. The van der Waals surface area contributed by atoms with E-state index in [9.17, 15) is 9.18 Å². The highest BCUT2D eigenvalue weighted by Crippen LogP contribution is 2.08. The molecular formula is C7H9FN2O2. The van der Waals surface area contributed by atoms with Crippen LogP contribution in [0, 0.1) is 12.7 Å². The van der Waals surface area contributed by atoms with Crippen LogP contribution in [0.1, 0.15) is 23.1 Å². The van der Waals surface area contributed by atoms with Gasteiger partial charge in [0, 0.05) is 0 Å². The van der Waals surface area contributed by atoms with E-state index in [1.807, 2.05) is 0 Å². The zero-order valence-electron chi connectivity index (χ0n) is 6.85. The van der Waals surface area contributed by atoms with Gasteiger partial charge in [-0.25, -0.2) is 9.18 Å². The maximum atomic E-state index is 12.9. The fraction of sp³-hybridized carbons (Fsp3) is 0.429. The Balaban J connectivity index is 2.88. The van der Waals surface area contributed by atoms with Crippen LogP contribution < -0.4 is 0 Å². The van der Waals surface area contributed by atoms with Crippen LogP contribution in [0.3, 0.4) is 0 Å². The van der Waals surface area contributed by atoms with Gasteiger partial charge in [-0.3, -0.25) is 5.10 Å². The van der Waals surface area contributed by atoms with Crippen molar-refractivity contribution in [2.45, 2.75) is 13.8 Å². The van der Waals surface area contributed by atoms with Gasteiger partial charge in [0.2, 0.25) is 5.69 Å². The van der Waals surface area contributed by atoms with Crippen molar-refractivity contribution >= 4 is 5.97 Å². The van der Waals surface area contributed by atoms with Crippen LogP contribution in [0.5, 0.6) is 0 Å². The average molecular weight is 172 g/mol. The summed E-state index contributed by atoms with van der Waals surface area (Å²) in [6, 6.07) is 0. The Morgan fingerprint density at radius 3 is 2.83 bits per heavy atom. The Hall–Kier alpha value is -1.39. The van der Waals surface area contributed by atoms with E-state index < -0.39 is 11.8 Å². The molecule has 0 aromatic carbocycles. The number of carbonyl (C=O) groups excluding carboxylic acids is 1. The molecule has 1 rings (SSSR count). The number of nitrogens with one attached hydrogen (secondary N) is 1. The van der Waals surface area contributed by atoms with Gasteiger partial charge in [0.15, 0.2) is 5.82 Å². The summed E-state index contributed by atoms with van der Waals surface area (Å²) in [6.07, 6.45) is 0. The van der Waals surface area contributed by atoms with E-state index in [1.165, 1.54) is 6.92 Å². The van der Waals surface area contributed by atoms with Crippen molar-refractivity contribution < 1.29 is 13.9 Å². The molecule has 0 unspecified atom stereocenters. The van der Waals surface area contributed by atoms with Gasteiger partial charge in [-0.1, -0.05) is 0 Å². The monoisotopic (exact) mass is 172 g/mol. The lowest BCUT2D eigenvalue weighted by molar-refractivity contribution is 0.0514. The highest BCUT2D eigenvalue weighted by atomic mass is 19.1. The van der Waals surface area contributed by atoms with Crippen molar-refractivity contribution in [3.8, 4) is 0 Å². The minimum Gasteiger partial charge on any atom is -0.461 e. The van der Waals surface area contributed by atoms with Crippen LogP contribution in [0.25, 0.3) is 0 Å². The lowest BCUT2D eigenvalue weighted by Crippen LogP contribution is -2.07. The number of rotatable bonds is 2. The lowest BCUT2D eigenvalue weighted by Gasteiger charge is -1.96. The van der Waals surface area contributed by atoms with Crippen molar-refractivity contribution in [3.05, 3.63) is 17.2 Å². The number of aromatic amines is 1. The van der Waals surface area contributed by atoms with Crippen LogP contribution in [0.15, 0.2) is 0 Å². The van der Waals surface area contributed by atoms with E-state index in [2.05, 4.69) is 14.9 Å². The minimum absolute atomic E-state index is 0.212. The fourth-order valence-electron chi connectivity index (χ4n) is 0.750. The lowest BCUT2D eigenvalue weighted by atomic mass is 10.3. The fourth-order valence-corrected chi connectivity index (χ4v) is 0.750. The molecular weight excluding hydrogens is 163 g/mol. The largest absolute Gasteiger partial charge is 0.461 e. The third-order valence-electron chi connectivity index (χ3n) is 1.34. The van der Waals surface area contributed by atoms with Crippen LogP contribution in [0.2, 0.25) is 0 Å². The Morgan fingerprint density at radius 1 is 1.75 bits per heavy atom. The van der Waals surface area contributed by atoms with Gasteiger partial charge >= 0.3 is 5.97 Å². The summed E-state index contributed by atoms with van der Waals surface area (Å²) in [5.74, 6) is -1.38. The first-order valence-corrected chi connectivity index (χ1v) is 3.54. The first-order chi connectivity index (χ1) is 5.66. The summed E-state index contributed by atoms with van der Waals surface area (Å²) >= 11 is 0. The molecule has 1 heterocycles. The molecule has 0 aliphatic heterocycles. The molecule has 1 aromatic heterocycles. The Kier molecular flexibility index (Phi) is 2.42. The standard InChI is InChI=1S/C7H9FN2O2/c1-3-12-7(11)6-5(8)4(2)9-10-6/h3H2,1-2H3,(H,9,10). The predicted octanol–water partition coefficient (Wildman–Crippen LogP) is 1.03. The Bertz CT molecular complexity index is 296. The number of hydrogen-bond donors (Lipinski definition) is 1. The Morgan fingerprint density at radius 2 is 2.42 bits per heavy atom. The first kappa shape index (κ1) is 8.70. The zero-order valence-corrected chi connectivity index (χ0v) is 6.85. The topological polar surface area (TPSA) is 55.0 Å². The molecule has 1 N–H and O–H groups in total. The number of halogens is 1. The van der Waals surface area contributed by atoms with Crippen molar-refractivity contribution in [3.63, 3.8) is 0 Å². The number of aromatic nitrogens is 2. The first-order valence-electron chi connectivity index (χ1n) is 3.54. The van der Waals surface area contributed by atoms with Gasteiger partial charge in [-0.15, -0.1) is 0 Å². The molecule has 0 spiro atoms. The molecule has 0 atom stereocenters. The summed E-state index contributed by atoms with van der Waals surface area (Å²) in [4.78, 5) is 10.9. The molecule has 0 bridgehead atoms. The van der Waals surface area contributed by atoms with Crippen LogP contribution >= 0.6 is 0 Å². The number of aryl methyl sites for hydroxylation is 1. The van der Waals surface area contributed by atoms with Crippen LogP contribution in [-0.2, 0) is 4.74 Å². The van der Waals surface area contributed by atoms with E-state index in [0.29, 0.717) is 0 Å². The summed E-state index contributed by atoms with van der Waals surface area (Å²) in [7, 11) is 0. The molecule has 1 aromatic rings. The summed E-state index contributed by atoms with van der Waals surface area (Å²) in [5.41, 5.74) is -0.0487. The van der Waals surface area contributed by atoms with Gasteiger partial charge in [0.05, 0.1) is 12.3 Å². The van der Waals surface area contributed by atoms with Gasteiger partial charge in [0.25, 0.3) is 0 Å². The van der Waals surface area contributed by atoms with E-state index in [-0.39, 0.29) is 18.0 Å². The SMILES string of the molecule is CCOC(=O)c1n[nH]c(C)c1F. The van der Waals surface area contributed by atoms with Crippen LogP contribution in [-0.4, -0.2) is 22.8 Å². The third kappa shape index (κ3) is 1.44. The molecule has 5 heteroatoms. The minimum atomic E-state index is -0.737. The van der Waals surface area contributed by atoms with Crippen molar-refractivity contribution in [1.29, 1.82) is 0 Å². The number of carbonyl (C=O) groups is 1. The van der Waals surface area contributed by atoms with Gasteiger partial charge in [-0.2, -0.15) is 5.10 Å². The second-order valence-corrected chi connectivity index (χ2v) is 2.23. The molecule has 0 amide bonds. The molecule has 0 saturated carbocycles. The summed E-state index contributed by atoms with van der Waals surface area (Å²) < 4.78 is 17.5. The molecule has 0 fully saturated rings. The van der Waals surface area contributed by atoms with Crippen LogP contribution in [0.4, 0.5) is 4.39 Å². The summed E-state index contributed by atoms with van der Waals surface area (Å²) in [5, 5.41) is 5.81. The molecule has 66 valence electrons. The molecule has 4 nitrogen and oxygen atoms in total. The smallest absolute Gasteiger partial charge is 0.361 e. The predicted molar refractivity (Wildman–Crippen MR) is 39.2 cm³/mol. The quantitative estimate of drug-likeness (QED) is 0.678. The second-order valence-electron chi connectivity index (χ2n) is 2.23. The maximum absolute atomic E-state index is 12.9. The normalized spacial score (nSPS) is 9.92. The van der Waals surface area contributed by atoms with E-state index in [4.69, 9.17) is 0 Å². The third-order valence-corrected chi connectivity index (χ3v) is 1.34. The molecule has 0 aliphatic rings. The van der Waals surface area contributed by atoms with Gasteiger partial charge < -0.3 is 4.74 Å². The average Bonchev–Trinajstić information content (AvgIpc) is 2.34. The molecule has 0 radical (unpaired) electrons. The highest BCUT2D eigenvalue weighted by Gasteiger charge is 2.18. The number of H-pyrrole nitrogens is 1. The molecule has 12 heavy (non-hydrogen) atoms. The Labute approximate surface area is 68.7 Å². The van der Waals surface area contributed by atoms with Crippen molar-refractivity contribution in [2.75, 3.05) is 6.61 Å². The second kappa shape index (κ2) is 3.34. The number of hydrogen-bond acceptors (Lipinski definition) is 3. The van der Waals surface area contributed by atoms with E-state index >= 15 is 0 Å². The molecule has 0 aliphatic carbocycles. The van der Waals surface area contributed by atoms with E-state index in [0.717, 1.165) is 0 Å². The summed E-state index contributed by atoms with van der Waals surface area (Å²) in [6.45, 7) is 3.35.